The Morgan fingerprint density at radius 3 is 2.70 bits per heavy atom. The smallest absolute Gasteiger partial charge is 0.281 e. The lowest BCUT2D eigenvalue weighted by molar-refractivity contribution is -0.0511. The van der Waals surface area contributed by atoms with E-state index >= 15 is 0 Å². The summed E-state index contributed by atoms with van der Waals surface area (Å²) in [6, 6.07) is 0. The van der Waals surface area contributed by atoms with Gasteiger partial charge in [-0.3, -0.25) is 9.36 Å². The Bertz CT molecular complexity index is 696. The molecule has 2 unspecified atom stereocenters. The van der Waals surface area contributed by atoms with Gasteiger partial charge in [0.15, 0.2) is 17.4 Å². The minimum absolute atomic E-state index is 0.146. The molecule has 0 aromatic carbocycles. The van der Waals surface area contributed by atoms with Gasteiger partial charge in [-0.15, -0.1) is 0 Å². The summed E-state index contributed by atoms with van der Waals surface area (Å²) in [6.45, 7) is -0.420. The molecule has 20 heavy (non-hydrogen) atoms. The van der Waals surface area contributed by atoms with Gasteiger partial charge in [0.1, 0.15) is 18.3 Å². The molecule has 2 aromatic heterocycles. The monoisotopic (exact) mass is 282 g/mol. The van der Waals surface area contributed by atoms with E-state index < -0.39 is 31.1 Å². The highest BCUT2D eigenvalue weighted by atomic mass is 16.6. The van der Waals surface area contributed by atoms with Crippen LogP contribution >= 0.6 is 0 Å². The first-order chi connectivity index (χ1) is 9.54. The second-order valence-corrected chi connectivity index (χ2v) is 4.71. The molecule has 1 aliphatic rings. The number of aliphatic hydroxyl groups is 3. The third-order valence-corrected chi connectivity index (χ3v) is 3.44. The van der Waals surface area contributed by atoms with Crippen LogP contribution in [0.15, 0.2) is 17.4 Å². The van der Waals surface area contributed by atoms with E-state index in [2.05, 4.69) is 9.97 Å². The molecule has 2 aromatic rings. The molecule has 3 N–H and O–H groups in total. The van der Waals surface area contributed by atoms with E-state index in [1.54, 1.807) is 7.05 Å². The zero-order valence-electron chi connectivity index (χ0n) is 10.6. The van der Waals surface area contributed by atoms with Crippen molar-refractivity contribution in [3.05, 3.63) is 23.0 Å². The van der Waals surface area contributed by atoms with E-state index in [1.165, 1.54) is 21.8 Å². The number of ether oxygens (including phenoxy) is 1. The number of fused-ring (bicyclic) bond motifs is 1. The van der Waals surface area contributed by atoms with Gasteiger partial charge < -0.3 is 24.6 Å². The highest BCUT2D eigenvalue weighted by Gasteiger charge is 2.43. The first-order valence-electron chi connectivity index (χ1n) is 6.05. The lowest BCUT2D eigenvalue weighted by Crippen LogP contribution is -2.33. The van der Waals surface area contributed by atoms with Crippen LogP contribution in [0.2, 0.25) is 0 Å². The van der Waals surface area contributed by atoms with Crippen molar-refractivity contribution in [2.24, 2.45) is 7.05 Å². The topological polar surface area (TPSA) is 123 Å². The zero-order chi connectivity index (χ0) is 14.4. The predicted molar refractivity (Wildman–Crippen MR) is 65.8 cm³/mol. The van der Waals surface area contributed by atoms with E-state index in [0.29, 0.717) is 0 Å². The summed E-state index contributed by atoms with van der Waals surface area (Å²) in [5, 5.41) is 28.8. The molecule has 1 saturated heterocycles. The van der Waals surface area contributed by atoms with Crippen molar-refractivity contribution in [2.45, 2.75) is 24.5 Å². The Balaban J connectivity index is 2.08. The predicted octanol–water partition coefficient (Wildman–Crippen LogP) is -2.26. The first kappa shape index (κ1) is 13.2. The Kier molecular flexibility index (Phi) is 3.05. The van der Waals surface area contributed by atoms with Gasteiger partial charge in [-0.05, 0) is 0 Å². The van der Waals surface area contributed by atoms with Gasteiger partial charge in [0, 0.05) is 7.05 Å². The second kappa shape index (κ2) is 4.63. The molecule has 0 spiro atoms. The summed E-state index contributed by atoms with van der Waals surface area (Å²) in [7, 11) is 1.56. The van der Waals surface area contributed by atoms with Crippen LogP contribution < -0.4 is 5.56 Å². The lowest BCUT2D eigenvalue weighted by Gasteiger charge is -2.16. The van der Waals surface area contributed by atoms with Crippen molar-refractivity contribution in [2.75, 3.05) is 6.61 Å². The molecule has 0 saturated carbocycles. The van der Waals surface area contributed by atoms with Crippen molar-refractivity contribution in [1.82, 2.24) is 19.1 Å². The zero-order valence-corrected chi connectivity index (χ0v) is 10.6. The average Bonchev–Trinajstić information content (AvgIpc) is 2.98. The summed E-state index contributed by atoms with van der Waals surface area (Å²) in [6.07, 6.45) is -1.64. The summed E-state index contributed by atoms with van der Waals surface area (Å²) < 4.78 is 8.05. The molecule has 1 aliphatic heterocycles. The van der Waals surface area contributed by atoms with E-state index in [1.807, 2.05) is 0 Å². The fourth-order valence-corrected chi connectivity index (χ4v) is 2.29. The van der Waals surface area contributed by atoms with Crippen molar-refractivity contribution in [3.63, 3.8) is 0 Å². The average molecular weight is 282 g/mol. The maximum atomic E-state index is 11.9. The summed E-state index contributed by atoms with van der Waals surface area (Å²) in [5.74, 6) is 0. The Morgan fingerprint density at radius 2 is 2.05 bits per heavy atom. The SMILES string of the molecule is Cn1cnc2c(ncn2[C@@H]2O[C@H](CO)C(O)C2O)c1=O. The number of aromatic nitrogens is 4. The largest absolute Gasteiger partial charge is 0.394 e. The molecule has 3 rings (SSSR count). The highest BCUT2D eigenvalue weighted by Crippen LogP contribution is 2.30. The Morgan fingerprint density at radius 1 is 1.30 bits per heavy atom. The second-order valence-electron chi connectivity index (χ2n) is 4.71. The number of aryl methyl sites for hydroxylation is 1. The third kappa shape index (κ3) is 1.75. The molecule has 0 radical (unpaired) electrons. The van der Waals surface area contributed by atoms with Gasteiger partial charge >= 0.3 is 0 Å². The van der Waals surface area contributed by atoms with Crippen LogP contribution in [-0.4, -0.2) is 59.3 Å². The molecule has 0 amide bonds. The van der Waals surface area contributed by atoms with Crippen LogP contribution in [0.4, 0.5) is 0 Å². The van der Waals surface area contributed by atoms with Crippen LogP contribution in [0.3, 0.4) is 0 Å². The van der Waals surface area contributed by atoms with Crippen LogP contribution in [0, 0.1) is 0 Å². The minimum atomic E-state index is -1.24. The first-order valence-corrected chi connectivity index (χ1v) is 6.05. The quantitative estimate of drug-likeness (QED) is 0.568. The molecule has 9 nitrogen and oxygen atoms in total. The normalized spacial score (nSPS) is 30.2. The molecular weight excluding hydrogens is 268 g/mol. The summed E-state index contributed by atoms with van der Waals surface area (Å²) in [5.41, 5.74) is 0.0798. The lowest BCUT2D eigenvalue weighted by atomic mass is 10.1. The number of imidazole rings is 1. The number of nitrogens with zero attached hydrogens (tertiary/aromatic N) is 4. The van der Waals surface area contributed by atoms with Crippen molar-refractivity contribution in [1.29, 1.82) is 0 Å². The molecule has 0 bridgehead atoms. The minimum Gasteiger partial charge on any atom is -0.394 e. The molecule has 1 fully saturated rings. The van der Waals surface area contributed by atoms with Crippen LogP contribution in [0.5, 0.6) is 0 Å². The summed E-state index contributed by atoms with van der Waals surface area (Å²) in [4.78, 5) is 19.9. The van der Waals surface area contributed by atoms with Crippen molar-refractivity contribution >= 4 is 11.2 Å². The molecule has 3 heterocycles. The Hall–Kier alpha value is -1.81. The van der Waals surface area contributed by atoms with E-state index in [-0.39, 0.29) is 16.7 Å². The van der Waals surface area contributed by atoms with Crippen molar-refractivity contribution < 1.29 is 20.1 Å². The molecule has 4 atom stereocenters. The number of aliphatic hydroxyl groups excluding tert-OH is 3. The van der Waals surface area contributed by atoms with Crippen LogP contribution in [0.1, 0.15) is 6.23 Å². The van der Waals surface area contributed by atoms with Crippen molar-refractivity contribution in [3.8, 4) is 0 Å². The van der Waals surface area contributed by atoms with Gasteiger partial charge in [0.05, 0.1) is 19.3 Å². The maximum absolute atomic E-state index is 11.9. The molecular formula is C11H14N4O5. The molecule has 0 aliphatic carbocycles. The fraction of sp³-hybridized carbons (Fsp3) is 0.545. The van der Waals surface area contributed by atoms with Crippen LogP contribution in [0.25, 0.3) is 11.2 Å². The van der Waals surface area contributed by atoms with Gasteiger partial charge in [-0.1, -0.05) is 0 Å². The third-order valence-electron chi connectivity index (χ3n) is 3.44. The number of hydrogen-bond donors (Lipinski definition) is 3. The number of hydrogen-bond acceptors (Lipinski definition) is 7. The van der Waals surface area contributed by atoms with E-state index in [4.69, 9.17) is 9.84 Å². The fourth-order valence-electron chi connectivity index (χ4n) is 2.29. The van der Waals surface area contributed by atoms with E-state index in [9.17, 15) is 15.0 Å². The molecule has 9 heteroatoms. The maximum Gasteiger partial charge on any atom is 0.281 e. The van der Waals surface area contributed by atoms with Gasteiger partial charge in [-0.25, -0.2) is 9.97 Å². The standard InChI is InChI=1S/C11H14N4O5/c1-14-3-13-9-6(10(14)19)12-4-15(9)11-8(18)7(17)5(2-16)20-11/h3-5,7-8,11,16-18H,2H2,1H3/t5-,7?,8?,11-/m1/s1. The Labute approximate surface area is 112 Å². The van der Waals surface area contributed by atoms with Gasteiger partial charge in [0.2, 0.25) is 0 Å². The van der Waals surface area contributed by atoms with Gasteiger partial charge in [0.25, 0.3) is 5.56 Å². The molecule has 108 valence electrons. The van der Waals surface area contributed by atoms with E-state index in [0.717, 1.165) is 0 Å². The summed E-state index contributed by atoms with van der Waals surface area (Å²) >= 11 is 0. The highest BCUT2D eigenvalue weighted by molar-refractivity contribution is 5.69. The van der Waals surface area contributed by atoms with Crippen LogP contribution in [-0.2, 0) is 11.8 Å². The number of rotatable bonds is 2. The van der Waals surface area contributed by atoms with Gasteiger partial charge in [-0.2, -0.15) is 0 Å².